The molecule has 160 valence electrons. The number of ether oxygens (including phenoxy) is 2. The lowest BCUT2D eigenvalue weighted by atomic mass is 10.2. The number of halogens is 2. The lowest BCUT2D eigenvalue weighted by Gasteiger charge is -2.26. The van der Waals surface area contributed by atoms with Crippen LogP contribution >= 0.6 is 23.2 Å². The largest absolute Gasteiger partial charge is 0.452 e. The third-order valence-electron chi connectivity index (χ3n) is 4.23. The molecule has 30 heavy (non-hydrogen) atoms. The number of morpholine rings is 1. The van der Waals surface area contributed by atoms with Gasteiger partial charge in [-0.15, -0.1) is 0 Å². The number of hydrogen-bond acceptors (Lipinski definition) is 6. The van der Waals surface area contributed by atoms with Crippen molar-refractivity contribution in [2.45, 2.75) is 4.90 Å². The summed E-state index contributed by atoms with van der Waals surface area (Å²) in [6.45, 7) is 0.590. The van der Waals surface area contributed by atoms with Crippen molar-refractivity contribution in [1.29, 1.82) is 0 Å². The molecule has 0 radical (unpaired) electrons. The Morgan fingerprint density at radius 1 is 1.07 bits per heavy atom. The van der Waals surface area contributed by atoms with Crippen LogP contribution in [-0.2, 0) is 24.3 Å². The second-order valence-electron chi connectivity index (χ2n) is 6.27. The monoisotopic (exact) mass is 472 g/mol. The lowest BCUT2D eigenvalue weighted by molar-refractivity contribution is -0.119. The minimum atomic E-state index is -3.70. The molecule has 2 aromatic rings. The molecule has 11 heteroatoms. The van der Waals surface area contributed by atoms with Gasteiger partial charge in [-0.05, 0) is 30.3 Å². The molecule has 1 heterocycles. The predicted molar refractivity (Wildman–Crippen MR) is 111 cm³/mol. The molecule has 1 aliphatic heterocycles. The van der Waals surface area contributed by atoms with Gasteiger partial charge >= 0.3 is 5.97 Å². The Kier molecular flexibility index (Phi) is 7.32. The first-order valence-electron chi connectivity index (χ1n) is 8.88. The van der Waals surface area contributed by atoms with Crippen LogP contribution in [0.4, 0.5) is 5.69 Å². The van der Waals surface area contributed by atoms with E-state index in [2.05, 4.69) is 5.32 Å². The number of rotatable bonds is 6. The summed E-state index contributed by atoms with van der Waals surface area (Å²) in [6, 6.07) is 10.4. The number of nitrogens with zero attached hydrogens (tertiary/aromatic N) is 1. The van der Waals surface area contributed by atoms with E-state index in [0.29, 0.717) is 13.2 Å². The van der Waals surface area contributed by atoms with Gasteiger partial charge in [0.15, 0.2) is 6.61 Å². The van der Waals surface area contributed by atoms with Crippen molar-refractivity contribution in [1.82, 2.24) is 4.31 Å². The highest BCUT2D eigenvalue weighted by Crippen LogP contribution is 2.25. The van der Waals surface area contributed by atoms with E-state index < -0.39 is 28.5 Å². The fourth-order valence-electron chi connectivity index (χ4n) is 2.76. The maximum Gasteiger partial charge on any atom is 0.341 e. The van der Waals surface area contributed by atoms with Gasteiger partial charge in [0.05, 0.1) is 33.7 Å². The third kappa shape index (κ3) is 5.30. The van der Waals surface area contributed by atoms with E-state index >= 15 is 0 Å². The van der Waals surface area contributed by atoms with Crippen LogP contribution in [0.2, 0.25) is 10.0 Å². The quantitative estimate of drug-likeness (QED) is 0.648. The third-order valence-corrected chi connectivity index (χ3v) is 6.75. The minimum Gasteiger partial charge on any atom is -0.452 e. The topological polar surface area (TPSA) is 102 Å². The Morgan fingerprint density at radius 2 is 1.70 bits per heavy atom. The van der Waals surface area contributed by atoms with E-state index in [4.69, 9.17) is 32.7 Å². The van der Waals surface area contributed by atoms with Crippen LogP contribution < -0.4 is 5.32 Å². The molecule has 0 aliphatic carbocycles. The second kappa shape index (κ2) is 9.76. The number of hydrogen-bond donors (Lipinski definition) is 1. The zero-order valence-electron chi connectivity index (χ0n) is 15.6. The van der Waals surface area contributed by atoms with E-state index in [1.165, 1.54) is 40.7 Å². The van der Waals surface area contributed by atoms with Crippen molar-refractivity contribution >= 4 is 50.8 Å². The van der Waals surface area contributed by atoms with Crippen LogP contribution in [0, 0.1) is 0 Å². The first-order valence-corrected chi connectivity index (χ1v) is 11.1. The molecule has 3 rings (SSSR count). The summed E-state index contributed by atoms with van der Waals surface area (Å²) in [7, 11) is -3.70. The number of sulfonamides is 1. The number of esters is 1. The normalized spacial score (nSPS) is 14.9. The highest BCUT2D eigenvalue weighted by molar-refractivity contribution is 7.89. The van der Waals surface area contributed by atoms with E-state index in [-0.39, 0.29) is 39.3 Å². The summed E-state index contributed by atoms with van der Waals surface area (Å²) >= 11 is 11.9. The molecule has 1 aliphatic rings. The fraction of sp³-hybridized carbons (Fsp3) is 0.263. The van der Waals surface area contributed by atoms with Crippen molar-refractivity contribution in [3.05, 3.63) is 58.1 Å². The molecule has 2 aromatic carbocycles. The van der Waals surface area contributed by atoms with Gasteiger partial charge in [0.2, 0.25) is 10.0 Å². The van der Waals surface area contributed by atoms with Gasteiger partial charge in [-0.2, -0.15) is 4.31 Å². The minimum absolute atomic E-state index is 0.0350. The molecule has 0 aromatic heterocycles. The molecular weight excluding hydrogens is 455 g/mol. The first-order chi connectivity index (χ1) is 14.3. The van der Waals surface area contributed by atoms with Gasteiger partial charge in [0.1, 0.15) is 0 Å². The number of carbonyl (C=O) groups is 2. The molecule has 0 spiro atoms. The molecule has 0 atom stereocenters. The zero-order valence-corrected chi connectivity index (χ0v) is 18.0. The van der Waals surface area contributed by atoms with Crippen molar-refractivity contribution in [3.8, 4) is 0 Å². The molecule has 0 unspecified atom stereocenters. The smallest absolute Gasteiger partial charge is 0.341 e. The van der Waals surface area contributed by atoms with Gasteiger partial charge in [-0.1, -0.05) is 35.3 Å². The Hall–Kier alpha value is -2.17. The SMILES string of the molecule is O=C(COC(=O)c1c(Cl)cccc1Cl)Nc1cccc(S(=O)(=O)N2CCOCC2)c1. The van der Waals surface area contributed by atoms with Crippen molar-refractivity contribution in [3.63, 3.8) is 0 Å². The Labute approximate surface area is 183 Å². The Morgan fingerprint density at radius 3 is 2.37 bits per heavy atom. The van der Waals surface area contributed by atoms with Crippen molar-refractivity contribution < 1.29 is 27.5 Å². The average molecular weight is 473 g/mol. The van der Waals surface area contributed by atoms with E-state index in [0.717, 1.165) is 0 Å². The Balaban J connectivity index is 1.63. The highest BCUT2D eigenvalue weighted by atomic mass is 35.5. The second-order valence-corrected chi connectivity index (χ2v) is 9.02. The van der Waals surface area contributed by atoms with Gasteiger partial charge in [-0.3, -0.25) is 4.79 Å². The lowest BCUT2D eigenvalue weighted by Crippen LogP contribution is -2.40. The summed E-state index contributed by atoms with van der Waals surface area (Å²) in [5.41, 5.74) is 0.216. The van der Waals surface area contributed by atoms with Crippen LogP contribution in [0.25, 0.3) is 0 Å². The standard InChI is InChI=1S/C19H18Cl2N2O6S/c20-15-5-2-6-16(21)18(15)19(25)29-12-17(24)22-13-3-1-4-14(11-13)30(26,27)23-7-9-28-10-8-23/h1-6,11H,7-10,12H2,(H,22,24). The molecule has 1 saturated heterocycles. The summed E-state index contributed by atoms with van der Waals surface area (Å²) in [5, 5.41) is 2.71. The molecule has 0 saturated carbocycles. The summed E-state index contributed by atoms with van der Waals surface area (Å²) < 4.78 is 36.9. The van der Waals surface area contributed by atoms with E-state index in [9.17, 15) is 18.0 Å². The van der Waals surface area contributed by atoms with E-state index in [1.54, 1.807) is 6.07 Å². The molecule has 1 N–H and O–H groups in total. The average Bonchev–Trinajstić information content (AvgIpc) is 2.73. The van der Waals surface area contributed by atoms with Crippen molar-refractivity contribution in [2.75, 3.05) is 38.2 Å². The van der Waals surface area contributed by atoms with Gasteiger partial charge in [0.25, 0.3) is 5.91 Å². The maximum atomic E-state index is 12.7. The number of nitrogens with one attached hydrogen (secondary N) is 1. The summed E-state index contributed by atoms with van der Waals surface area (Å²) in [4.78, 5) is 24.3. The van der Waals surface area contributed by atoms with Gasteiger partial charge in [-0.25, -0.2) is 13.2 Å². The predicted octanol–water partition coefficient (Wildman–Crippen LogP) is 2.81. The zero-order chi connectivity index (χ0) is 21.7. The Bertz CT molecular complexity index is 1030. The molecule has 1 amide bonds. The summed E-state index contributed by atoms with van der Waals surface area (Å²) in [5.74, 6) is -1.49. The first kappa shape index (κ1) is 22.5. The molecule has 0 bridgehead atoms. The van der Waals surface area contributed by atoms with Crippen LogP contribution in [0.15, 0.2) is 47.4 Å². The number of anilines is 1. The van der Waals surface area contributed by atoms with Crippen LogP contribution in [0.3, 0.4) is 0 Å². The number of carbonyl (C=O) groups excluding carboxylic acids is 2. The number of amides is 1. The molecular formula is C19H18Cl2N2O6S. The fourth-order valence-corrected chi connectivity index (χ4v) is 4.77. The van der Waals surface area contributed by atoms with Gasteiger partial charge < -0.3 is 14.8 Å². The molecule has 8 nitrogen and oxygen atoms in total. The van der Waals surface area contributed by atoms with Crippen LogP contribution in [-0.4, -0.2) is 57.5 Å². The maximum absolute atomic E-state index is 12.7. The van der Waals surface area contributed by atoms with Crippen molar-refractivity contribution in [2.24, 2.45) is 0 Å². The summed E-state index contributed by atoms with van der Waals surface area (Å²) in [6.07, 6.45) is 0. The number of benzene rings is 2. The van der Waals surface area contributed by atoms with Crippen LogP contribution in [0.1, 0.15) is 10.4 Å². The van der Waals surface area contributed by atoms with Gasteiger partial charge in [0, 0.05) is 18.8 Å². The van der Waals surface area contributed by atoms with Crippen LogP contribution in [0.5, 0.6) is 0 Å². The van der Waals surface area contributed by atoms with E-state index in [1.807, 2.05) is 0 Å². The highest BCUT2D eigenvalue weighted by Gasteiger charge is 2.26. The molecule has 1 fully saturated rings.